The van der Waals surface area contributed by atoms with Crippen LogP contribution in [0.3, 0.4) is 0 Å². The summed E-state index contributed by atoms with van der Waals surface area (Å²) in [6, 6.07) is 3.91. The highest BCUT2D eigenvalue weighted by atomic mass is 32.2. The number of ether oxygens (including phenoxy) is 1. The van der Waals surface area contributed by atoms with E-state index in [1.54, 1.807) is 6.07 Å². The number of anilines is 2. The molecule has 38 heavy (non-hydrogen) atoms. The van der Waals surface area contributed by atoms with Crippen LogP contribution in [-0.2, 0) is 12.1 Å². The van der Waals surface area contributed by atoms with Gasteiger partial charge in [-0.15, -0.1) is 0 Å². The Morgan fingerprint density at radius 2 is 2.05 bits per heavy atom. The van der Waals surface area contributed by atoms with E-state index in [4.69, 9.17) is 14.9 Å². The van der Waals surface area contributed by atoms with Gasteiger partial charge >= 0.3 is 0 Å². The monoisotopic (exact) mass is 545 g/mol. The summed E-state index contributed by atoms with van der Waals surface area (Å²) >= 11 is 0.792. The molecule has 3 atom stereocenters. The lowest BCUT2D eigenvalue weighted by atomic mass is 9.85. The van der Waals surface area contributed by atoms with Crippen LogP contribution in [0.25, 0.3) is 11.0 Å². The predicted molar refractivity (Wildman–Crippen MR) is 131 cm³/mol. The number of amidine groups is 1. The second kappa shape index (κ2) is 8.82. The molecule has 0 saturated heterocycles. The number of aliphatic imine (C=N–C) groups is 1. The molecule has 4 heterocycles. The SMILES string of the molecule is C[C@]1(c2cc(Nc3ncnc4cc(OCc5ncco5)cnc34)cc(F)c2F)N=C(N)S[C@@]2(C(F)F)CC21. The van der Waals surface area contributed by atoms with Crippen molar-refractivity contribution in [2.45, 2.75) is 36.7 Å². The molecule has 2 aliphatic rings. The first-order chi connectivity index (χ1) is 18.2. The Labute approximate surface area is 216 Å². The van der Waals surface area contributed by atoms with Gasteiger partial charge in [-0.2, -0.15) is 0 Å². The molecule has 3 aromatic heterocycles. The van der Waals surface area contributed by atoms with Crippen LogP contribution in [-0.4, -0.2) is 36.3 Å². The molecule has 0 radical (unpaired) electrons. The summed E-state index contributed by atoms with van der Waals surface area (Å²) in [4.78, 5) is 21.0. The molecule has 3 N–H and O–H groups in total. The minimum absolute atomic E-state index is 0.0790. The van der Waals surface area contributed by atoms with Crippen LogP contribution in [0.4, 0.5) is 29.1 Å². The summed E-state index contributed by atoms with van der Waals surface area (Å²) in [5.41, 5.74) is 5.09. The maximum absolute atomic E-state index is 15.1. The number of halogens is 4. The van der Waals surface area contributed by atoms with E-state index in [1.807, 2.05) is 0 Å². The van der Waals surface area contributed by atoms with Crippen LogP contribution in [0.1, 0.15) is 24.8 Å². The van der Waals surface area contributed by atoms with Crippen molar-refractivity contribution in [1.29, 1.82) is 0 Å². The third-order valence-corrected chi connectivity index (χ3v) is 8.08. The Kier molecular flexibility index (Phi) is 5.67. The maximum Gasteiger partial charge on any atom is 0.253 e. The largest absolute Gasteiger partial charge is 0.482 e. The second-order valence-corrected chi connectivity index (χ2v) is 10.5. The normalized spacial score (nSPS) is 24.3. The van der Waals surface area contributed by atoms with E-state index < -0.39 is 34.3 Å². The van der Waals surface area contributed by atoms with Crippen LogP contribution < -0.4 is 15.8 Å². The number of nitrogens with zero attached hydrogens (tertiary/aromatic N) is 5. The van der Waals surface area contributed by atoms with Gasteiger partial charge in [-0.1, -0.05) is 11.8 Å². The summed E-state index contributed by atoms with van der Waals surface area (Å²) in [5.74, 6) is -2.05. The number of oxazole rings is 1. The minimum Gasteiger partial charge on any atom is -0.482 e. The predicted octanol–water partition coefficient (Wildman–Crippen LogP) is 4.91. The molecule has 0 amide bonds. The van der Waals surface area contributed by atoms with Gasteiger partial charge in [0.25, 0.3) is 6.43 Å². The topological polar surface area (TPSA) is 124 Å². The van der Waals surface area contributed by atoms with Crippen molar-refractivity contribution in [3.8, 4) is 5.75 Å². The molecule has 9 nitrogen and oxygen atoms in total. The highest BCUT2D eigenvalue weighted by molar-refractivity contribution is 8.15. The Balaban J connectivity index is 1.32. The molecule has 1 saturated carbocycles. The molecule has 1 unspecified atom stereocenters. The number of pyridine rings is 1. The second-order valence-electron chi connectivity index (χ2n) is 9.13. The average Bonchev–Trinajstić information content (AvgIpc) is 3.42. The Hall–Kier alpha value is -3.94. The molecule has 1 fully saturated rings. The van der Waals surface area contributed by atoms with E-state index in [2.05, 4.69) is 30.2 Å². The van der Waals surface area contributed by atoms with Crippen LogP contribution >= 0.6 is 11.8 Å². The molecule has 0 bridgehead atoms. The van der Waals surface area contributed by atoms with E-state index in [-0.39, 0.29) is 35.3 Å². The lowest BCUT2D eigenvalue weighted by Crippen LogP contribution is -2.39. The number of aromatic nitrogens is 4. The van der Waals surface area contributed by atoms with Gasteiger partial charge < -0.3 is 20.2 Å². The van der Waals surface area contributed by atoms with Gasteiger partial charge in [0.05, 0.1) is 28.2 Å². The number of thioether (sulfide) groups is 1. The lowest BCUT2D eigenvalue weighted by molar-refractivity contribution is 0.123. The number of hydrogen-bond acceptors (Lipinski definition) is 10. The molecular formula is C24H19F4N7O2S. The quantitative estimate of drug-likeness (QED) is 0.312. The first-order valence-electron chi connectivity index (χ1n) is 11.4. The first kappa shape index (κ1) is 24.4. The molecule has 196 valence electrons. The van der Waals surface area contributed by atoms with Gasteiger partial charge in [0.15, 0.2) is 29.2 Å². The van der Waals surface area contributed by atoms with E-state index >= 15 is 4.39 Å². The third-order valence-electron chi connectivity index (χ3n) is 6.77. The van der Waals surface area contributed by atoms with Gasteiger partial charge in [-0.3, -0.25) is 4.99 Å². The molecule has 14 heteroatoms. The summed E-state index contributed by atoms with van der Waals surface area (Å²) in [6.45, 7) is 1.59. The third kappa shape index (κ3) is 3.99. The molecule has 0 spiro atoms. The Morgan fingerprint density at radius 3 is 2.82 bits per heavy atom. The summed E-state index contributed by atoms with van der Waals surface area (Å²) in [7, 11) is 0. The van der Waals surface area contributed by atoms with Crippen LogP contribution in [0.5, 0.6) is 5.75 Å². The van der Waals surface area contributed by atoms with Crippen LogP contribution in [0, 0.1) is 17.6 Å². The number of hydrogen-bond donors (Lipinski definition) is 2. The zero-order valence-electron chi connectivity index (χ0n) is 19.7. The highest BCUT2D eigenvalue weighted by Crippen LogP contribution is 2.68. The van der Waals surface area contributed by atoms with Crippen molar-refractivity contribution in [3.05, 3.63) is 66.3 Å². The molecule has 1 aliphatic carbocycles. The van der Waals surface area contributed by atoms with E-state index in [1.165, 1.54) is 38.0 Å². The summed E-state index contributed by atoms with van der Waals surface area (Å²) < 4.78 is 66.9. The molecule has 6 rings (SSSR count). The maximum atomic E-state index is 15.1. The number of nitrogens with one attached hydrogen (secondary N) is 1. The van der Waals surface area contributed by atoms with Gasteiger partial charge in [0.1, 0.15) is 23.9 Å². The zero-order valence-corrected chi connectivity index (χ0v) is 20.5. The fourth-order valence-electron chi connectivity index (χ4n) is 4.84. The van der Waals surface area contributed by atoms with Crippen molar-refractivity contribution in [3.63, 3.8) is 0 Å². The number of benzene rings is 1. The van der Waals surface area contributed by atoms with Gasteiger partial charge in [0.2, 0.25) is 5.89 Å². The highest BCUT2D eigenvalue weighted by Gasteiger charge is 2.71. The van der Waals surface area contributed by atoms with Crippen molar-refractivity contribution >= 4 is 39.5 Å². The van der Waals surface area contributed by atoms with Gasteiger partial charge in [-0.05, 0) is 19.4 Å². The van der Waals surface area contributed by atoms with E-state index in [0.29, 0.717) is 22.7 Å². The van der Waals surface area contributed by atoms with Crippen molar-refractivity contribution in [2.75, 3.05) is 5.32 Å². The fourth-order valence-corrected chi connectivity index (χ4v) is 6.17. The van der Waals surface area contributed by atoms with Gasteiger partial charge in [-0.25, -0.2) is 37.5 Å². The van der Waals surface area contributed by atoms with E-state index in [0.717, 1.165) is 17.8 Å². The number of rotatable bonds is 7. The smallest absolute Gasteiger partial charge is 0.253 e. The lowest BCUT2D eigenvalue weighted by Gasteiger charge is -2.34. The average molecular weight is 546 g/mol. The van der Waals surface area contributed by atoms with Crippen molar-refractivity contribution < 1.29 is 26.7 Å². The number of fused-ring (bicyclic) bond motifs is 2. The zero-order chi connectivity index (χ0) is 26.7. The number of alkyl halides is 2. The summed E-state index contributed by atoms with van der Waals surface area (Å²) in [5, 5.41) is 2.85. The Bertz CT molecular complexity index is 1570. The van der Waals surface area contributed by atoms with Crippen molar-refractivity contribution in [2.24, 2.45) is 16.6 Å². The van der Waals surface area contributed by atoms with Gasteiger partial charge in [0, 0.05) is 29.3 Å². The van der Waals surface area contributed by atoms with Crippen LogP contribution in [0.15, 0.2) is 52.6 Å². The van der Waals surface area contributed by atoms with E-state index in [9.17, 15) is 13.2 Å². The Morgan fingerprint density at radius 1 is 1.21 bits per heavy atom. The fraction of sp³-hybridized carbons (Fsp3) is 0.292. The summed E-state index contributed by atoms with van der Waals surface area (Å²) in [6.07, 6.45) is 3.04. The molecule has 1 aromatic carbocycles. The molecule has 4 aromatic rings. The molecular weight excluding hydrogens is 526 g/mol. The minimum atomic E-state index is -2.69. The van der Waals surface area contributed by atoms with Crippen molar-refractivity contribution in [1.82, 2.24) is 19.9 Å². The molecule has 1 aliphatic heterocycles. The number of nitrogens with two attached hydrogens (primary N) is 1. The van der Waals surface area contributed by atoms with Crippen LogP contribution in [0.2, 0.25) is 0 Å². The first-order valence-corrected chi connectivity index (χ1v) is 12.2. The standard InChI is InChI=1S/C24H19F4N7O2S/c1-23(16-7-24(16,21(27)28)38-22(29)35-23)13-4-11(5-14(25)18(13)26)34-20-19-15(32-10-33-20)6-12(8-31-19)37-9-17-30-2-3-36-17/h2-6,8,10,16,21H,7,9H2,1H3,(H2,29,35)(H,32,33,34)/t16?,23-,24+/m1/s1.